The Hall–Kier alpha value is -2.91. The van der Waals surface area contributed by atoms with E-state index in [1.807, 2.05) is 0 Å². The molecule has 0 radical (unpaired) electrons. The standard InChI is InChI=1S/C17H15F3N2O5/c18-17(19,20)12-8-21(7-11(12)16(26)27)13(23)5-6-22-14(24)9-3-1-2-4-10(9)15(22)25/h1-4,11-12H,5-8H2,(H,26,27)/t11-,12-/m1/s1. The van der Waals surface area contributed by atoms with Crippen LogP contribution in [0.1, 0.15) is 27.1 Å². The molecule has 0 aromatic heterocycles. The lowest BCUT2D eigenvalue weighted by Gasteiger charge is -2.19. The summed E-state index contributed by atoms with van der Waals surface area (Å²) < 4.78 is 39.0. The molecule has 1 aromatic rings. The maximum Gasteiger partial charge on any atom is 0.394 e. The molecule has 2 aliphatic heterocycles. The first kappa shape index (κ1) is 18.9. The molecule has 3 rings (SSSR count). The van der Waals surface area contributed by atoms with E-state index < -0.39 is 54.8 Å². The minimum absolute atomic E-state index is 0.208. The fourth-order valence-electron chi connectivity index (χ4n) is 3.40. The van der Waals surface area contributed by atoms with Crippen LogP contribution in [-0.2, 0) is 9.59 Å². The Balaban J connectivity index is 1.65. The van der Waals surface area contributed by atoms with Crippen molar-refractivity contribution in [3.05, 3.63) is 35.4 Å². The SMILES string of the molecule is O=C(O)[C@@H]1CN(C(=O)CCN2C(=O)c3ccccc3C2=O)C[C@H]1C(F)(F)F. The van der Waals surface area contributed by atoms with Gasteiger partial charge in [0, 0.05) is 26.1 Å². The Kier molecular flexibility index (Phi) is 4.66. The number of hydrogen-bond acceptors (Lipinski definition) is 4. The van der Waals surface area contributed by atoms with Gasteiger partial charge in [-0.2, -0.15) is 13.2 Å². The van der Waals surface area contributed by atoms with E-state index >= 15 is 0 Å². The Morgan fingerprint density at radius 2 is 1.63 bits per heavy atom. The number of imide groups is 1. The average molecular weight is 384 g/mol. The molecule has 144 valence electrons. The smallest absolute Gasteiger partial charge is 0.394 e. The molecule has 7 nitrogen and oxygen atoms in total. The maximum atomic E-state index is 13.0. The average Bonchev–Trinajstić information content (AvgIpc) is 3.15. The second kappa shape index (κ2) is 6.67. The molecule has 2 heterocycles. The number of amides is 3. The van der Waals surface area contributed by atoms with Gasteiger partial charge in [-0.3, -0.25) is 24.1 Å². The first-order chi connectivity index (χ1) is 12.6. The number of fused-ring (bicyclic) bond motifs is 1. The van der Waals surface area contributed by atoms with Crippen LogP contribution < -0.4 is 0 Å². The van der Waals surface area contributed by atoms with Crippen LogP contribution in [-0.4, -0.2) is 64.4 Å². The molecule has 0 bridgehead atoms. The number of carbonyl (C=O) groups is 4. The second-order valence-electron chi connectivity index (χ2n) is 6.45. The van der Waals surface area contributed by atoms with Gasteiger partial charge in [-0.15, -0.1) is 0 Å². The van der Waals surface area contributed by atoms with Gasteiger partial charge in [-0.1, -0.05) is 12.1 Å². The molecule has 10 heteroatoms. The van der Waals surface area contributed by atoms with Crippen molar-refractivity contribution < 1.29 is 37.5 Å². The van der Waals surface area contributed by atoms with Crippen LogP contribution in [0.2, 0.25) is 0 Å². The molecular weight excluding hydrogens is 369 g/mol. The highest BCUT2D eigenvalue weighted by Gasteiger charge is 2.53. The molecule has 2 aliphatic rings. The van der Waals surface area contributed by atoms with E-state index in [1.54, 1.807) is 12.1 Å². The van der Waals surface area contributed by atoms with Crippen molar-refractivity contribution in [1.29, 1.82) is 0 Å². The van der Waals surface area contributed by atoms with Crippen molar-refractivity contribution in [2.24, 2.45) is 11.8 Å². The minimum atomic E-state index is -4.74. The number of likely N-dealkylation sites (tertiary alicyclic amines) is 1. The van der Waals surface area contributed by atoms with Crippen molar-refractivity contribution in [3.63, 3.8) is 0 Å². The molecule has 1 aromatic carbocycles. The van der Waals surface area contributed by atoms with Gasteiger partial charge in [0.05, 0.1) is 23.0 Å². The lowest BCUT2D eigenvalue weighted by Crippen LogP contribution is -2.36. The zero-order valence-electron chi connectivity index (χ0n) is 13.9. The number of rotatable bonds is 4. The predicted octanol–water partition coefficient (Wildman–Crippen LogP) is 1.39. The van der Waals surface area contributed by atoms with E-state index in [0.29, 0.717) is 0 Å². The largest absolute Gasteiger partial charge is 0.481 e. The number of alkyl halides is 3. The van der Waals surface area contributed by atoms with Crippen LogP contribution in [0.25, 0.3) is 0 Å². The summed E-state index contributed by atoms with van der Waals surface area (Å²) in [6, 6.07) is 6.13. The van der Waals surface area contributed by atoms with Gasteiger partial charge < -0.3 is 10.0 Å². The third-order valence-corrected chi connectivity index (χ3v) is 4.84. The van der Waals surface area contributed by atoms with Gasteiger partial charge >= 0.3 is 12.1 Å². The Labute approximate surface area is 151 Å². The number of carboxylic acid groups (broad SMARTS) is 1. The van der Waals surface area contributed by atoms with E-state index in [1.165, 1.54) is 12.1 Å². The van der Waals surface area contributed by atoms with Gasteiger partial charge in [0.2, 0.25) is 5.91 Å². The van der Waals surface area contributed by atoms with Crippen LogP contribution in [0.15, 0.2) is 24.3 Å². The highest BCUT2D eigenvalue weighted by atomic mass is 19.4. The molecule has 2 atom stereocenters. The summed E-state index contributed by atoms with van der Waals surface area (Å²) in [6.45, 7) is -1.59. The fraction of sp³-hybridized carbons (Fsp3) is 0.412. The van der Waals surface area contributed by atoms with Crippen molar-refractivity contribution in [2.45, 2.75) is 12.6 Å². The number of carboxylic acids is 1. The maximum absolute atomic E-state index is 13.0. The predicted molar refractivity (Wildman–Crippen MR) is 83.7 cm³/mol. The lowest BCUT2D eigenvalue weighted by molar-refractivity contribution is -0.188. The molecule has 27 heavy (non-hydrogen) atoms. The molecular formula is C17H15F3N2O5. The fourth-order valence-corrected chi connectivity index (χ4v) is 3.40. The van der Waals surface area contributed by atoms with Crippen LogP contribution >= 0.6 is 0 Å². The molecule has 3 amide bonds. The Morgan fingerprint density at radius 3 is 2.07 bits per heavy atom. The first-order valence-electron chi connectivity index (χ1n) is 8.13. The third kappa shape index (κ3) is 3.38. The summed E-state index contributed by atoms with van der Waals surface area (Å²) >= 11 is 0. The summed E-state index contributed by atoms with van der Waals surface area (Å²) in [5.74, 6) is -7.35. The molecule has 1 saturated heterocycles. The van der Waals surface area contributed by atoms with Crippen LogP contribution in [0.5, 0.6) is 0 Å². The molecule has 0 saturated carbocycles. The summed E-state index contributed by atoms with van der Waals surface area (Å²) in [7, 11) is 0. The molecule has 1 N–H and O–H groups in total. The Bertz CT molecular complexity index is 788. The van der Waals surface area contributed by atoms with Gasteiger partial charge in [-0.05, 0) is 12.1 Å². The van der Waals surface area contributed by atoms with E-state index in [9.17, 15) is 32.3 Å². The highest BCUT2D eigenvalue weighted by molar-refractivity contribution is 6.21. The Morgan fingerprint density at radius 1 is 1.07 bits per heavy atom. The third-order valence-electron chi connectivity index (χ3n) is 4.84. The molecule has 0 unspecified atom stereocenters. The van der Waals surface area contributed by atoms with Gasteiger partial charge in [0.25, 0.3) is 11.8 Å². The molecule has 1 fully saturated rings. The second-order valence-corrected chi connectivity index (χ2v) is 6.45. The van der Waals surface area contributed by atoms with Crippen molar-refractivity contribution in [2.75, 3.05) is 19.6 Å². The van der Waals surface area contributed by atoms with Crippen molar-refractivity contribution in [3.8, 4) is 0 Å². The summed E-state index contributed by atoms with van der Waals surface area (Å²) in [5, 5.41) is 8.98. The summed E-state index contributed by atoms with van der Waals surface area (Å²) in [4.78, 5) is 49.5. The monoisotopic (exact) mass is 384 g/mol. The topological polar surface area (TPSA) is 95.0 Å². The quantitative estimate of drug-likeness (QED) is 0.792. The summed E-state index contributed by atoms with van der Waals surface area (Å²) in [5.41, 5.74) is 0.415. The minimum Gasteiger partial charge on any atom is -0.481 e. The van der Waals surface area contributed by atoms with Gasteiger partial charge in [0.15, 0.2) is 0 Å². The normalized spacial score (nSPS) is 22.3. The number of carbonyl (C=O) groups excluding carboxylic acids is 3. The summed E-state index contributed by atoms with van der Waals surface area (Å²) in [6.07, 6.45) is -5.11. The zero-order valence-corrected chi connectivity index (χ0v) is 13.9. The highest BCUT2D eigenvalue weighted by Crippen LogP contribution is 2.38. The zero-order chi connectivity index (χ0) is 19.9. The van der Waals surface area contributed by atoms with Crippen molar-refractivity contribution in [1.82, 2.24) is 9.80 Å². The van der Waals surface area contributed by atoms with Gasteiger partial charge in [-0.25, -0.2) is 0 Å². The number of nitrogens with zero attached hydrogens (tertiary/aromatic N) is 2. The lowest BCUT2D eigenvalue weighted by atomic mass is 9.96. The molecule has 0 spiro atoms. The first-order valence-corrected chi connectivity index (χ1v) is 8.13. The number of halogens is 3. The van der Waals surface area contributed by atoms with Crippen molar-refractivity contribution >= 4 is 23.7 Å². The van der Waals surface area contributed by atoms with Crippen LogP contribution in [0.4, 0.5) is 13.2 Å². The van der Waals surface area contributed by atoms with Crippen LogP contribution in [0.3, 0.4) is 0 Å². The number of benzene rings is 1. The van der Waals surface area contributed by atoms with Gasteiger partial charge in [0.1, 0.15) is 0 Å². The van der Waals surface area contributed by atoms with E-state index in [-0.39, 0.29) is 24.1 Å². The molecule has 0 aliphatic carbocycles. The number of hydrogen-bond donors (Lipinski definition) is 1. The van der Waals surface area contributed by atoms with E-state index in [0.717, 1.165) is 9.80 Å². The number of aliphatic carboxylic acids is 1. The van der Waals surface area contributed by atoms with Crippen LogP contribution in [0, 0.1) is 11.8 Å². The van der Waals surface area contributed by atoms with E-state index in [4.69, 9.17) is 5.11 Å². The van der Waals surface area contributed by atoms with E-state index in [2.05, 4.69) is 0 Å².